The molecule has 2 aromatic heterocycles. The Hall–Kier alpha value is -2.79. The maximum Gasteiger partial charge on any atom is 0.418 e. The first-order chi connectivity index (χ1) is 17.1. The minimum absolute atomic E-state index is 0.0280. The second kappa shape index (κ2) is 9.26. The molecule has 7 nitrogen and oxygen atoms in total. The van der Waals surface area contributed by atoms with E-state index in [1.807, 2.05) is 25.1 Å². The molecule has 2 fully saturated rings. The second-order valence-corrected chi connectivity index (χ2v) is 11.0. The molecule has 5 rings (SSSR count). The number of ether oxygens (including phenoxy) is 1. The Kier molecular flexibility index (Phi) is 6.40. The van der Waals surface area contributed by atoms with E-state index in [1.165, 1.54) is 0 Å². The number of anilines is 4. The van der Waals surface area contributed by atoms with Crippen LogP contribution in [0.5, 0.6) is 5.75 Å². The lowest BCUT2D eigenvalue weighted by Gasteiger charge is -2.37. The minimum atomic E-state index is -4.47. The standard InChI is InChI=1S/C25H31F3N6OS/c1-24(9-10-24)32-21-20-17(25(26,27)28)14-36-22(20)31-23(30-21)29-15-5-6-18(19(13-15)35-4)34-11-7-16(8-12-34)33(2)3/h5-6,13-14,16H,7-12H2,1-4H3,(H2,29,30,31,32). The van der Waals surface area contributed by atoms with Crippen molar-refractivity contribution in [3.05, 3.63) is 29.1 Å². The molecule has 3 heterocycles. The van der Waals surface area contributed by atoms with Crippen LogP contribution in [-0.2, 0) is 6.18 Å². The van der Waals surface area contributed by atoms with Gasteiger partial charge in [-0.15, -0.1) is 11.3 Å². The van der Waals surface area contributed by atoms with Gasteiger partial charge in [0, 0.05) is 41.8 Å². The number of alkyl halides is 3. The van der Waals surface area contributed by atoms with Gasteiger partial charge in [0.1, 0.15) is 16.4 Å². The van der Waals surface area contributed by atoms with E-state index >= 15 is 0 Å². The number of nitrogens with zero attached hydrogens (tertiary/aromatic N) is 4. The minimum Gasteiger partial charge on any atom is -0.495 e. The van der Waals surface area contributed by atoms with E-state index in [1.54, 1.807) is 7.11 Å². The van der Waals surface area contributed by atoms with Gasteiger partial charge >= 0.3 is 6.18 Å². The van der Waals surface area contributed by atoms with Crippen LogP contribution in [0.4, 0.5) is 36.3 Å². The molecule has 36 heavy (non-hydrogen) atoms. The summed E-state index contributed by atoms with van der Waals surface area (Å²) in [6.45, 7) is 3.87. The van der Waals surface area contributed by atoms with Crippen molar-refractivity contribution in [1.82, 2.24) is 14.9 Å². The van der Waals surface area contributed by atoms with E-state index in [9.17, 15) is 13.2 Å². The van der Waals surface area contributed by atoms with Crippen LogP contribution >= 0.6 is 11.3 Å². The van der Waals surface area contributed by atoms with Crippen LogP contribution in [0.3, 0.4) is 0 Å². The SMILES string of the molecule is COc1cc(Nc2nc(NC3(C)CC3)c3c(C(F)(F)F)csc3n2)ccc1N1CCC(N(C)C)CC1. The maximum atomic E-state index is 13.7. The summed E-state index contributed by atoms with van der Waals surface area (Å²) in [6.07, 6.45) is -0.533. The summed E-state index contributed by atoms with van der Waals surface area (Å²) >= 11 is 0.971. The van der Waals surface area contributed by atoms with Gasteiger partial charge in [0.15, 0.2) is 0 Å². The molecule has 1 aromatic carbocycles. The van der Waals surface area contributed by atoms with Crippen LogP contribution in [0.2, 0.25) is 0 Å². The third-order valence-electron chi connectivity index (χ3n) is 7.13. The van der Waals surface area contributed by atoms with Crippen molar-refractivity contribution >= 4 is 44.7 Å². The van der Waals surface area contributed by atoms with Crippen molar-refractivity contribution in [2.45, 2.75) is 50.4 Å². The predicted octanol–water partition coefficient (Wildman–Crippen LogP) is 5.96. The number of methoxy groups -OCH3 is 1. The fraction of sp³-hybridized carbons (Fsp3) is 0.520. The number of rotatable bonds is 7. The largest absolute Gasteiger partial charge is 0.495 e. The number of benzene rings is 1. The molecular formula is C25H31F3N6OS. The number of nitrogens with one attached hydrogen (secondary N) is 2. The van der Waals surface area contributed by atoms with Crippen molar-refractivity contribution < 1.29 is 17.9 Å². The van der Waals surface area contributed by atoms with Crippen LogP contribution in [0, 0.1) is 0 Å². The number of halogens is 3. The zero-order chi connectivity index (χ0) is 25.7. The third kappa shape index (κ3) is 5.04. The molecule has 11 heteroatoms. The third-order valence-corrected chi connectivity index (χ3v) is 8.00. The first-order valence-corrected chi connectivity index (χ1v) is 13.0. The molecular weight excluding hydrogens is 489 g/mol. The Morgan fingerprint density at radius 2 is 1.89 bits per heavy atom. The van der Waals surface area contributed by atoms with Gasteiger partial charge in [0.05, 0.1) is 23.7 Å². The Morgan fingerprint density at radius 3 is 2.50 bits per heavy atom. The molecule has 1 saturated carbocycles. The molecule has 2 N–H and O–H groups in total. The summed E-state index contributed by atoms with van der Waals surface area (Å²) in [5, 5.41) is 7.54. The smallest absolute Gasteiger partial charge is 0.418 e. The maximum absolute atomic E-state index is 13.7. The van der Waals surface area contributed by atoms with Crippen LogP contribution in [0.15, 0.2) is 23.6 Å². The molecule has 1 aliphatic carbocycles. The summed E-state index contributed by atoms with van der Waals surface area (Å²) < 4.78 is 46.6. The van der Waals surface area contributed by atoms with Gasteiger partial charge in [0.25, 0.3) is 0 Å². The molecule has 1 saturated heterocycles. The van der Waals surface area contributed by atoms with E-state index in [2.05, 4.69) is 44.5 Å². The first-order valence-electron chi connectivity index (χ1n) is 12.1. The normalized spacial score (nSPS) is 18.1. The topological polar surface area (TPSA) is 65.5 Å². The van der Waals surface area contributed by atoms with Gasteiger partial charge in [0.2, 0.25) is 5.95 Å². The summed E-state index contributed by atoms with van der Waals surface area (Å²) in [4.78, 5) is 13.8. The number of piperidine rings is 1. The van der Waals surface area contributed by atoms with Gasteiger partial charge in [-0.25, -0.2) is 4.98 Å². The molecule has 3 aromatic rings. The lowest BCUT2D eigenvalue weighted by atomic mass is 10.0. The van der Waals surface area contributed by atoms with Crippen LogP contribution in [0.25, 0.3) is 10.2 Å². The van der Waals surface area contributed by atoms with Gasteiger partial charge in [-0.1, -0.05) is 0 Å². The van der Waals surface area contributed by atoms with E-state index in [-0.39, 0.29) is 22.7 Å². The van der Waals surface area contributed by atoms with Crippen LogP contribution < -0.4 is 20.3 Å². The van der Waals surface area contributed by atoms with Crippen LogP contribution in [0.1, 0.15) is 38.2 Å². The molecule has 0 bridgehead atoms. The van der Waals surface area contributed by atoms with E-state index in [0.29, 0.717) is 16.6 Å². The Bertz CT molecular complexity index is 1250. The number of hydrogen-bond donors (Lipinski definition) is 2. The summed E-state index contributed by atoms with van der Waals surface area (Å²) in [6, 6.07) is 6.39. The van der Waals surface area contributed by atoms with Crippen LogP contribution in [-0.4, -0.2) is 60.7 Å². The Balaban J connectivity index is 1.42. The zero-order valence-electron chi connectivity index (χ0n) is 20.9. The molecule has 0 spiro atoms. The molecule has 2 aliphatic rings. The highest BCUT2D eigenvalue weighted by Gasteiger charge is 2.40. The summed E-state index contributed by atoms with van der Waals surface area (Å²) in [7, 11) is 5.88. The monoisotopic (exact) mass is 520 g/mol. The first kappa shape index (κ1) is 24.9. The van der Waals surface area contributed by atoms with Gasteiger partial charge in [-0.05, 0) is 58.8 Å². The van der Waals surface area contributed by atoms with Crippen molar-refractivity contribution in [2.24, 2.45) is 0 Å². The fourth-order valence-electron chi connectivity index (χ4n) is 4.66. The van der Waals surface area contributed by atoms with E-state index in [4.69, 9.17) is 4.74 Å². The zero-order valence-corrected chi connectivity index (χ0v) is 21.7. The summed E-state index contributed by atoms with van der Waals surface area (Å²) in [5.74, 6) is 1.18. The molecule has 0 atom stereocenters. The van der Waals surface area contributed by atoms with E-state index in [0.717, 1.165) is 66.9 Å². The lowest BCUT2D eigenvalue weighted by Crippen LogP contribution is -2.42. The van der Waals surface area contributed by atoms with Crippen molar-refractivity contribution in [2.75, 3.05) is 49.8 Å². The quantitative estimate of drug-likeness (QED) is 0.399. The molecule has 0 radical (unpaired) electrons. The average molecular weight is 521 g/mol. The second-order valence-electron chi connectivity index (χ2n) is 10.1. The van der Waals surface area contributed by atoms with Crippen molar-refractivity contribution in [3.8, 4) is 5.75 Å². The Labute approximate surface area is 212 Å². The number of fused-ring (bicyclic) bond motifs is 1. The predicted molar refractivity (Wildman–Crippen MR) is 139 cm³/mol. The molecule has 1 aliphatic heterocycles. The van der Waals surface area contributed by atoms with Gasteiger partial charge < -0.3 is 25.2 Å². The number of thiophene rings is 1. The number of hydrogen-bond acceptors (Lipinski definition) is 8. The highest BCUT2D eigenvalue weighted by molar-refractivity contribution is 7.17. The highest BCUT2D eigenvalue weighted by Crippen LogP contribution is 2.45. The molecule has 0 unspecified atom stereocenters. The lowest BCUT2D eigenvalue weighted by molar-refractivity contribution is -0.136. The molecule has 194 valence electrons. The van der Waals surface area contributed by atoms with E-state index < -0.39 is 11.7 Å². The number of aromatic nitrogens is 2. The van der Waals surface area contributed by atoms with Crippen molar-refractivity contribution in [3.63, 3.8) is 0 Å². The van der Waals surface area contributed by atoms with Crippen molar-refractivity contribution in [1.29, 1.82) is 0 Å². The van der Waals surface area contributed by atoms with Gasteiger partial charge in [-0.2, -0.15) is 18.2 Å². The fourth-order valence-corrected chi connectivity index (χ4v) is 5.61. The average Bonchev–Trinajstić information content (AvgIpc) is 3.38. The molecule has 0 amide bonds. The highest BCUT2D eigenvalue weighted by atomic mass is 32.1. The summed E-state index contributed by atoms with van der Waals surface area (Å²) in [5.41, 5.74) is 0.779. The van der Waals surface area contributed by atoms with Gasteiger partial charge in [-0.3, -0.25) is 0 Å². The Morgan fingerprint density at radius 1 is 1.17 bits per heavy atom.